The number of carbonyl (C=O) groups excluding carboxylic acids is 2. The number of imide groups is 1. The number of aromatic amines is 1. The predicted octanol–water partition coefficient (Wildman–Crippen LogP) is 6.84. The largest absolute Gasteiger partial charge is 0.490 e. The third kappa shape index (κ3) is 3.87. The van der Waals surface area contributed by atoms with Crippen LogP contribution < -0.4 is 14.4 Å². The van der Waals surface area contributed by atoms with Gasteiger partial charge in [0.15, 0.2) is 17.0 Å². The lowest BCUT2D eigenvalue weighted by atomic mass is 9.78. The molecule has 6 rings (SSSR count). The molecule has 0 spiro atoms. The van der Waals surface area contributed by atoms with Gasteiger partial charge in [0.05, 0.1) is 24.6 Å². The number of benzene rings is 3. The van der Waals surface area contributed by atoms with Crippen LogP contribution in [-0.2, 0) is 10.3 Å². The average Bonchev–Trinajstić information content (AvgIpc) is 3.42. The molecule has 3 heterocycles. The zero-order valence-corrected chi connectivity index (χ0v) is 22.9. The Morgan fingerprint density at radius 1 is 1.00 bits per heavy atom. The number of anilines is 1. The minimum absolute atomic E-state index is 0.195. The molecular weight excluding hydrogens is 514 g/mol. The smallest absolute Gasteiger partial charge is 0.332 e. The molecule has 0 saturated carbocycles. The molecule has 1 N–H and O–H groups in total. The lowest BCUT2D eigenvalue weighted by Gasteiger charge is -2.40. The number of aromatic nitrogens is 1. The van der Waals surface area contributed by atoms with Gasteiger partial charge in [-0.3, -0.25) is 4.79 Å². The van der Waals surface area contributed by atoms with Gasteiger partial charge in [-0.15, -0.1) is 0 Å². The van der Waals surface area contributed by atoms with Gasteiger partial charge in [-0.1, -0.05) is 48.9 Å². The fraction of sp³-hybridized carbons (Fsp3) is 0.290. The lowest BCUT2D eigenvalue weighted by molar-refractivity contribution is -0.125. The highest BCUT2D eigenvalue weighted by atomic mass is 35.5. The Labute approximate surface area is 232 Å². The van der Waals surface area contributed by atoms with Crippen LogP contribution in [0.15, 0.2) is 66.7 Å². The predicted molar refractivity (Wildman–Crippen MR) is 152 cm³/mol. The van der Waals surface area contributed by atoms with Crippen molar-refractivity contribution in [3.05, 3.63) is 88.6 Å². The van der Waals surface area contributed by atoms with Crippen LogP contribution in [0.1, 0.15) is 49.9 Å². The van der Waals surface area contributed by atoms with Gasteiger partial charge in [0, 0.05) is 28.4 Å². The standard InChI is InChI=1S/C31H30ClN3O4/c1-4-15-39-25-14-13-19(16-26(25)38-5-2)23-18-34-30(37)35(21-10-8-9-20(32)17-21)29(36)31(34,3)28-27(23)22-11-6-7-12-24(22)33-28/h6-14,16-17,23,33H,4-5,15,18H2,1-3H3/t23-,31+/m1/s1. The van der Waals surface area contributed by atoms with Crippen LogP contribution in [0.2, 0.25) is 5.02 Å². The van der Waals surface area contributed by atoms with Crippen molar-refractivity contribution in [1.29, 1.82) is 0 Å². The second-order valence-corrected chi connectivity index (χ2v) is 10.5. The number of urea groups is 1. The third-order valence-corrected chi connectivity index (χ3v) is 7.96. The van der Waals surface area contributed by atoms with Gasteiger partial charge < -0.3 is 19.4 Å². The molecular formula is C31H30ClN3O4. The monoisotopic (exact) mass is 543 g/mol. The van der Waals surface area contributed by atoms with E-state index < -0.39 is 5.54 Å². The molecule has 2 aliphatic heterocycles. The number of carbonyl (C=O) groups is 2. The molecule has 0 bridgehead atoms. The van der Waals surface area contributed by atoms with E-state index >= 15 is 0 Å². The first-order valence-electron chi connectivity index (χ1n) is 13.3. The Bertz CT molecular complexity index is 1600. The number of hydrogen-bond acceptors (Lipinski definition) is 4. The van der Waals surface area contributed by atoms with Crippen LogP contribution in [0.3, 0.4) is 0 Å². The summed E-state index contributed by atoms with van der Waals surface area (Å²) in [6.07, 6.45) is 0.890. The van der Waals surface area contributed by atoms with Crippen LogP contribution >= 0.6 is 11.6 Å². The number of fused-ring (bicyclic) bond motifs is 5. The van der Waals surface area contributed by atoms with Crippen LogP contribution in [-0.4, -0.2) is 41.6 Å². The molecule has 0 radical (unpaired) electrons. The van der Waals surface area contributed by atoms with E-state index in [1.165, 1.54) is 4.90 Å². The summed E-state index contributed by atoms with van der Waals surface area (Å²) < 4.78 is 11.9. The summed E-state index contributed by atoms with van der Waals surface area (Å²) in [5.41, 5.74) is 2.91. The van der Waals surface area contributed by atoms with Gasteiger partial charge >= 0.3 is 6.03 Å². The maximum atomic E-state index is 14.1. The van der Waals surface area contributed by atoms with Crippen molar-refractivity contribution in [2.75, 3.05) is 24.7 Å². The zero-order chi connectivity index (χ0) is 27.3. The molecule has 0 unspecified atom stereocenters. The molecule has 2 atom stereocenters. The fourth-order valence-corrected chi connectivity index (χ4v) is 6.06. The number of nitrogens with one attached hydrogen (secondary N) is 1. The van der Waals surface area contributed by atoms with E-state index in [2.05, 4.69) is 18.0 Å². The number of rotatable bonds is 7. The zero-order valence-electron chi connectivity index (χ0n) is 22.2. The summed E-state index contributed by atoms with van der Waals surface area (Å²) in [6.45, 7) is 7.26. The maximum Gasteiger partial charge on any atom is 0.332 e. The minimum atomic E-state index is -1.20. The van der Waals surface area contributed by atoms with Crippen LogP contribution in [0.25, 0.3) is 10.9 Å². The fourth-order valence-electron chi connectivity index (χ4n) is 5.87. The molecule has 8 heteroatoms. The van der Waals surface area contributed by atoms with Crippen molar-refractivity contribution in [3.63, 3.8) is 0 Å². The summed E-state index contributed by atoms with van der Waals surface area (Å²) in [5.74, 6) is 0.864. The van der Waals surface area contributed by atoms with Crippen molar-refractivity contribution >= 4 is 40.1 Å². The number of ether oxygens (including phenoxy) is 2. The lowest BCUT2D eigenvalue weighted by Crippen LogP contribution is -2.50. The Morgan fingerprint density at radius 3 is 2.59 bits per heavy atom. The summed E-state index contributed by atoms with van der Waals surface area (Å²) in [4.78, 5) is 34.5. The summed E-state index contributed by atoms with van der Waals surface area (Å²) in [6, 6.07) is 20.5. The van der Waals surface area contributed by atoms with E-state index in [1.54, 1.807) is 29.2 Å². The summed E-state index contributed by atoms with van der Waals surface area (Å²) in [7, 11) is 0. The van der Waals surface area contributed by atoms with Gasteiger partial charge in [-0.2, -0.15) is 0 Å². The average molecular weight is 544 g/mol. The molecule has 4 aromatic rings. The van der Waals surface area contributed by atoms with Crippen molar-refractivity contribution in [2.45, 2.75) is 38.6 Å². The highest BCUT2D eigenvalue weighted by molar-refractivity contribution is 6.31. The third-order valence-electron chi connectivity index (χ3n) is 7.73. The molecule has 1 aromatic heterocycles. The van der Waals surface area contributed by atoms with Crippen LogP contribution in [0.5, 0.6) is 11.5 Å². The van der Waals surface area contributed by atoms with Gasteiger partial charge in [-0.05, 0) is 67.8 Å². The first-order chi connectivity index (χ1) is 18.9. The molecule has 1 saturated heterocycles. The quantitative estimate of drug-likeness (QED) is 0.259. The number of hydrogen-bond donors (Lipinski definition) is 1. The second kappa shape index (κ2) is 9.65. The number of halogens is 1. The molecule has 39 heavy (non-hydrogen) atoms. The molecule has 0 aliphatic carbocycles. The topological polar surface area (TPSA) is 74.9 Å². The Kier molecular flexibility index (Phi) is 6.26. The Hall–Kier alpha value is -3.97. The number of H-pyrrole nitrogens is 1. The molecule has 7 nitrogen and oxygen atoms in total. The van der Waals surface area contributed by atoms with Crippen molar-refractivity contribution in [2.24, 2.45) is 0 Å². The van der Waals surface area contributed by atoms with E-state index in [9.17, 15) is 9.59 Å². The first-order valence-corrected chi connectivity index (χ1v) is 13.7. The Balaban J connectivity index is 1.52. The second-order valence-electron chi connectivity index (χ2n) is 10.1. The normalized spacial score (nSPS) is 20.4. The van der Waals surface area contributed by atoms with E-state index in [0.29, 0.717) is 42.0 Å². The number of nitrogens with zero attached hydrogens (tertiary/aromatic N) is 2. The highest BCUT2D eigenvalue weighted by Crippen LogP contribution is 2.51. The van der Waals surface area contributed by atoms with Gasteiger partial charge in [0.25, 0.3) is 5.91 Å². The first kappa shape index (κ1) is 25.3. The molecule has 2 aliphatic rings. The van der Waals surface area contributed by atoms with E-state index in [-0.39, 0.29) is 17.9 Å². The summed E-state index contributed by atoms with van der Waals surface area (Å²) >= 11 is 6.24. The van der Waals surface area contributed by atoms with Gasteiger partial charge in [0.2, 0.25) is 0 Å². The number of para-hydroxylation sites is 1. The minimum Gasteiger partial charge on any atom is -0.490 e. The van der Waals surface area contributed by atoms with Gasteiger partial charge in [0.1, 0.15) is 0 Å². The van der Waals surface area contributed by atoms with Crippen molar-refractivity contribution in [3.8, 4) is 11.5 Å². The number of amides is 3. The van der Waals surface area contributed by atoms with E-state index in [4.69, 9.17) is 21.1 Å². The molecule has 200 valence electrons. The van der Waals surface area contributed by atoms with Crippen LogP contribution in [0.4, 0.5) is 10.5 Å². The Morgan fingerprint density at radius 2 is 1.82 bits per heavy atom. The van der Waals surface area contributed by atoms with Gasteiger partial charge in [-0.25, -0.2) is 9.69 Å². The maximum absolute atomic E-state index is 14.1. The van der Waals surface area contributed by atoms with Crippen molar-refractivity contribution in [1.82, 2.24) is 9.88 Å². The van der Waals surface area contributed by atoms with E-state index in [1.807, 2.05) is 50.2 Å². The van der Waals surface area contributed by atoms with E-state index in [0.717, 1.165) is 34.1 Å². The molecule has 3 aromatic carbocycles. The summed E-state index contributed by atoms with van der Waals surface area (Å²) in [5, 5.41) is 1.49. The van der Waals surface area contributed by atoms with Crippen LogP contribution in [0, 0.1) is 0 Å². The SMILES string of the molecule is CCCOc1ccc([C@H]2CN3C(=O)N(c4cccc(Cl)c4)C(=O)[C@]3(C)c3[nH]c4ccccc4c32)cc1OCC. The highest BCUT2D eigenvalue weighted by Gasteiger charge is 2.60. The molecule has 1 fully saturated rings. The molecule has 3 amide bonds. The van der Waals surface area contributed by atoms with Crippen molar-refractivity contribution < 1.29 is 19.1 Å².